The second kappa shape index (κ2) is 7.03. The van der Waals surface area contributed by atoms with Gasteiger partial charge in [-0.15, -0.1) is 11.3 Å². The highest BCUT2D eigenvalue weighted by atomic mass is 32.2. The van der Waals surface area contributed by atoms with Crippen LogP contribution in [-0.2, 0) is 10.0 Å². The molecule has 0 aliphatic carbocycles. The predicted octanol–water partition coefficient (Wildman–Crippen LogP) is 2.73. The van der Waals surface area contributed by atoms with Crippen molar-refractivity contribution >= 4 is 27.3 Å². The Balaban J connectivity index is 1.77. The Kier molecular flexibility index (Phi) is 4.98. The summed E-state index contributed by atoms with van der Waals surface area (Å²) in [7, 11) is -3.60. The van der Waals surface area contributed by atoms with E-state index in [1.54, 1.807) is 32.0 Å². The Morgan fingerprint density at radius 2 is 1.92 bits per heavy atom. The van der Waals surface area contributed by atoms with Gasteiger partial charge in [0.05, 0.1) is 4.90 Å². The molecule has 134 valence electrons. The van der Waals surface area contributed by atoms with Crippen LogP contribution in [0.1, 0.15) is 23.5 Å². The smallest absolute Gasteiger partial charge is 0.353 e. The van der Waals surface area contributed by atoms with E-state index in [0.29, 0.717) is 30.3 Å². The van der Waals surface area contributed by atoms with E-state index >= 15 is 0 Å². The quantitative estimate of drug-likeness (QED) is 0.563. The van der Waals surface area contributed by atoms with E-state index in [-0.39, 0.29) is 16.6 Å². The molecular formula is C16H17NO6S2. The summed E-state index contributed by atoms with van der Waals surface area (Å²) in [6.07, 6.45) is 0. The Labute approximate surface area is 149 Å². The van der Waals surface area contributed by atoms with Gasteiger partial charge < -0.3 is 14.2 Å². The highest BCUT2D eigenvalue weighted by molar-refractivity contribution is 7.89. The average molecular weight is 383 g/mol. The van der Waals surface area contributed by atoms with Crippen molar-refractivity contribution in [1.29, 1.82) is 0 Å². The summed E-state index contributed by atoms with van der Waals surface area (Å²) < 4.78 is 42.0. The van der Waals surface area contributed by atoms with Crippen LogP contribution in [0.3, 0.4) is 0 Å². The summed E-state index contributed by atoms with van der Waals surface area (Å²) >= 11 is 1.03. The van der Waals surface area contributed by atoms with E-state index in [1.807, 2.05) is 0 Å². The number of esters is 1. The van der Waals surface area contributed by atoms with Gasteiger partial charge in [0.15, 0.2) is 11.5 Å². The maximum absolute atomic E-state index is 12.5. The third-order valence-electron chi connectivity index (χ3n) is 3.67. The molecule has 0 amide bonds. The van der Waals surface area contributed by atoms with Gasteiger partial charge >= 0.3 is 5.97 Å². The average Bonchev–Trinajstić information content (AvgIpc) is 3.25. The Morgan fingerprint density at radius 1 is 1.20 bits per heavy atom. The first-order valence-corrected chi connectivity index (χ1v) is 9.98. The molecule has 0 spiro atoms. The minimum absolute atomic E-state index is 0.0961. The second-order valence-electron chi connectivity index (χ2n) is 5.14. The Morgan fingerprint density at radius 3 is 2.64 bits per heavy atom. The van der Waals surface area contributed by atoms with Gasteiger partial charge in [0, 0.05) is 24.5 Å². The number of hydrogen-bond acceptors (Lipinski definition) is 7. The van der Waals surface area contributed by atoms with Crippen molar-refractivity contribution in [3.63, 3.8) is 0 Å². The molecule has 1 aliphatic heterocycles. The van der Waals surface area contributed by atoms with Gasteiger partial charge in [0.2, 0.25) is 16.8 Å². The van der Waals surface area contributed by atoms with Crippen LogP contribution in [0, 0.1) is 0 Å². The summed E-state index contributed by atoms with van der Waals surface area (Å²) in [5.74, 6) is 0.769. The van der Waals surface area contributed by atoms with Crippen molar-refractivity contribution in [3.8, 4) is 17.2 Å². The molecule has 0 bridgehead atoms. The number of thiophene rings is 1. The van der Waals surface area contributed by atoms with E-state index < -0.39 is 16.0 Å². The molecule has 0 unspecified atom stereocenters. The van der Waals surface area contributed by atoms with E-state index in [1.165, 1.54) is 15.8 Å². The lowest BCUT2D eigenvalue weighted by Gasteiger charge is -2.17. The molecule has 1 aliphatic rings. The topological polar surface area (TPSA) is 82.1 Å². The molecular weight excluding hydrogens is 366 g/mol. The number of carbonyl (C=O) groups excluding carboxylic acids is 1. The third kappa shape index (κ3) is 3.48. The first kappa shape index (κ1) is 17.7. The molecule has 3 rings (SSSR count). The van der Waals surface area contributed by atoms with Gasteiger partial charge in [0.1, 0.15) is 10.6 Å². The maximum Gasteiger partial charge on any atom is 0.353 e. The van der Waals surface area contributed by atoms with E-state index in [2.05, 4.69) is 0 Å². The summed E-state index contributed by atoms with van der Waals surface area (Å²) in [6.45, 7) is 4.39. The highest BCUT2D eigenvalue weighted by Gasteiger charge is 2.25. The van der Waals surface area contributed by atoms with E-state index in [4.69, 9.17) is 14.2 Å². The van der Waals surface area contributed by atoms with Gasteiger partial charge in [-0.1, -0.05) is 13.8 Å². The molecule has 0 radical (unpaired) electrons. The molecule has 25 heavy (non-hydrogen) atoms. The fourth-order valence-electron chi connectivity index (χ4n) is 2.37. The zero-order chi connectivity index (χ0) is 18.0. The van der Waals surface area contributed by atoms with Gasteiger partial charge in [-0.05, 0) is 18.2 Å². The number of sulfonamides is 1. The Hall–Kier alpha value is -2.10. The van der Waals surface area contributed by atoms with Gasteiger partial charge in [-0.2, -0.15) is 4.31 Å². The lowest BCUT2D eigenvalue weighted by molar-refractivity contribution is 0.0739. The largest absolute Gasteiger partial charge is 0.454 e. The van der Waals surface area contributed by atoms with Crippen molar-refractivity contribution in [3.05, 3.63) is 34.5 Å². The highest BCUT2D eigenvalue weighted by Crippen LogP contribution is 2.35. The molecule has 0 N–H and O–H groups in total. The van der Waals surface area contributed by atoms with Gasteiger partial charge in [-0.3, -0.25) is 0 Å². The molecule has 0 fully saturated rings. The number of rotatable bonds is 6. The molecule has 2 aromatic rings. The number of benzene rings is 1. The lowest BCUT2D eigenvalue weighted by atomic mass is 10.3. The zero-order valence-corrected chi connectivity index (χ0v) is 15.4. The number of carbonyl (C=O) groups is 1. The normalized spacial score (nSPS) is 13.2. The number of nitrogens with zero attached hydrogens (tertiary/aromatic N) is 1. The minimum atomic E-state index is -3.60. The summed E-state index contributed by atoms with van der Waals surface area (Å²) in [4.78, 5) is 12.6. The first-order valence-electron chi connectivity index (χ1n) is 7.66. The molecule has 1 aromatic heterocycles. The number of fused-ring (bicyclic) bond motifs is 1. The van der Waals surface area contributed by atoms with Crippen LogP contribution in [0.4, 0.5) is 0 Å². The van der Waals surface area contributed by atoms with Crippen LogP contribution < -0.4 is 14.2 Å². The van der Waals surface area contributed by atoms with Crippen LogP contribution >= 0.6 is 11.3 Å². The van der Waals surface area contributed by atoms with Crippen molar-refractivity contribution < 1.29 is 27.4 Å². The third-order valence-corrected chi connectivity index (χ3v) is 6.76. The van der Waals surface area contributed by atoms with Gasteiger partial charge in [-0.25, -0.2) is 13.2 Å². The summed E-state index contributed by atoms with van der Waals surface area (Å²) in [5.41, 5.74) is 0. The lowest BCUT2D eigenvalue weighted by Crippen LogP contribution is -2.30. The summed E-state index contributed by atoms with van der Waals surface area (Å²) in [6, 6.07) is 6.14. The van der Waals surface area contributed by atoms with Crippen LogP contribution in [0.5, 0.6) is 17.2 Å². The zero-order valence-electron chi connectivity index (χ0n) is 13.7. The maximum atomic E-state index is 12.5. The van der Waals surface area contributed by atoms with Crippen molar-refractivity contribution in [1.82, 2.24) is 4.31 Å². The fourth-order valence-corrected chi connectivity index (χ4v) is 4.97. The molecule has 9 heteroatoms. The van der Waals surface area contributed by atoms with Crippen LogP contribution in [0.2, 0.25) is 0 Å². The van der Waals surface area contributed by atoms with Gasteiger partial charge in [0.25, 0.3) is 0 Å². The second-order valence-corrected chi connectivity index (χ2v) is 7.99. The number of hydrogen-bond donors (Lipinski definition) is 0. The molecule has 0 atom stereocenters. The Bertz CT molecular complexity index is 886. The van der Waals surface area contributed by atoms with Crippen LogP contribution in [-0.4, -0.2) is 38.6 Å². The molecule has 2 heterocycles. The van der Waals surface area contributed by atoms with E-state index in [9.17, 15) is 13.2 Å². The molecule has 7 nitrogen and oxygen atoms in total. The monoisotopic (exact) mass is 383 g/mol. The minimum Gasteiger partial charge on any atom is -0.454 e. The first-order chi connectivity index (χ1) is 12.0. The van der Waals surface area contributed by atoms with Crippen LogP contribution in [0.25, 0.3) is 0 Å². The summed E-state index contributed by atoms with van der Waals surface area (Å²) in [5, 5.41) is 1.45. The van der Waals surface area contributed by atoms with Crippen LogP contribution in [0.15, 0.2) is 34.5 Å². The fraction of sp³-hybridized carbons (Fsp3) is 0.312. The van der Waals surface area contributed by atoms with E-state index in [0.717, 1.165) is 11.3 Å². The number of ether oxygens (including phenoxy) is 3. The predicted molar refractivity (Wildman–Crippen MR) is 91.9 cm³/mol. The van der Waals surface area contributed by atoms with Crippen molar-refractivity contribution in [2.75, 3.05) is 19.9 Å². The molecule has 1 aromatic carbocycles. The van der Waals surface area contributed by atoms with Crippen molar-refractivity contribution in [2.45, 2.75) is 18.7 Å². The molecule has 0 saturated heterocycles. The van der Waals surface area contributed by atoms with Crippen molar-refractivity contribution in [2.24, 2.45) is 0 Å². The molecule has 0 saturated carbocycles. The standard InChI is InChI=1S/C16H17NO6S2/c1-3-17(4-2)25(19,20)12-8-15(24-9-12)16(18)23-11-5-6-13-14(7-11)22-10-21-13/h5-9H,3-4,10H2,1-2H3. The SMILES string of the molecule is CCN(CC)S(=O)(=O)c1csc(C(=O)Oc2ccc3c(c2)OCO3)c1.